The van der Waals surface area contributed by atoms with E-state index in [0.717, 1.165) is 13.1 Å². The fourth-order valence-electron chi connectivity index (χ4n) is 3.84. The first-order valence-electron chi connectivity index (χ1n) is 8.79. The van der Waals surface area contributed by atoms with Gasteiger partial charge < -0.3 is 4.90 Å². The third-order valence-electron chi connectivity index (χ3n) is 5.02. The van der Waals surface area contributed by atoms with Crippen LogP contribution in [0.15, 0.2) is 35.4 Å². The predicted octanol–water partition coefficient (Wildman–Crippen LogP) is 4.64. The largest absolute Gasteiger partial charge is 0.369 e. The smallest absolute Gasteiger partial charge is 0.0396 e. The second-order valence-corrected chi connectivity index (χ2v) is 6.61. The van der Waals surface area contributed by atoms with Crippen molar-refractivity contribution in [2.45, 2.75) is 53.5 Å². The standard InChI is InChI=1S/C20H32N2/c1-6-18(16(3)4)19(7-2)21-12-14-22(15-13-21)20-11-9-8-10-17(20)5/h8-11,19H,6-7,12-15H2,1-5H3. The van der Waals surface area contributed by atoms with Gasteiger partial charge in [0.25, 0.3) is 0 Å². The van der Waals surface area contributed by atoms with Gasteiger partial charge >= 0.3 is 0 Å². The Morgan fingerprint density at radius 2 is 1.68 bits per heavy atom. The molecule has 0 amide bonds. The average molecular weight is 300 g/mol. The first-order valence-corrected chi connectivity index (χ1v) is 8.79. The molecule has 0 bridgehead atoms. The lowest BCUT2D eigenvalue weighted by atomic mass is 9.95. The number of hydrogen-bond donors (Lipinski definition) is 0. The first-order chi connectivity index (χ1) is 10.6. The van der Waals surface area contributed by atoms with E-state index >= 15 is 0 Å². The molecule has 2 heteroatoms. The quantitative estimate of drug-likeness (QED) is 0.731. The van der Waals surface area contributed by atoms with Gasteiger partial charge in [-0.05, 0) is 45.2 Å². The van der Waals surface area contributed by atoms with Gasteiger partial charge in [0.05, 0.1) is 0 Å². The topological polar surface area (TPSA) is 6.48 Å². The van der Waals surface area contributed by atoms with Crippen LogP contribution >= 0.6 is 0 Å². The lowest BCUT2D eigenvalue weighted by molar-refractivity contribution is 0.200. The van der Waals surface area contributed by atoms with Crippen LogP contribution in [0, 0.1) is 6.92 Å². The zero-order valence-electron chi connectivity index (χ0n) is 15.0. The number of aryl methyl sites for hydroxylation is 1. The summed E-state index contributed by atoms with van der Waals surface area (Å²) in [5.41, 5.74) is 5.96. The number of allylic oxidation sites excluding steroid dienone is 1. The minimum absolute atomic E-state index is 0.633. The molecular weight excluding hydrogens is 268 g/mol. The second-order valence-electron chi connectivity index (χ2n) is 6.61. The summed E-state index contributed by atoms with van der Waals surface area (Å²) in [4.78, 5) is 5.24. The Morgan fingerprint density at radius 1 is 1.05 bits per heavy atom. The molecule has 122 valence electrons. The predicted molar refractivity (Wildman–Crippen MR) is 97.7 cm³/mol. The van der Waals surface area contributed by atoms with E-state index in [1.807, 2.05) is 0 Å². The molecule has 0 saturated carbocycles. The maximum Gasteiger partial charge on any atom is 0.0396 e. The van der Waals surface area contributed by atoms with Gasteiger partial charge in [-0.1, -0.05) is 43.2 Å². The Kier molecular flexibility index (Phi) is 6.07. The number of rotatable bonds is 5. The Bertz CT molecular complexity index is 506. The summed E-state index contributed by atoms with van der Waals surface area (Å²) in [6.07, 6.45) is 2.40. The molecule has 1 fully saturated rings. The maximum absolute atomic E-state index is 2.70. The average Bonchev–Trinajstić information content (AvgIpc) is 2.53. The molecule has 0 aromatic heterocycles. The Hall–Kier alpha value is -1.28. The highest BCUT2D eigenvalue weighted by Gasteiger charge is 2.25. The summed E-state index contributed by atoms with van der Waals surface area (Å²) in [6.45, 7) is 16.0. The molecule has 0 radical (unpaired) electrons. The molecule has 1 aromatic carbocycles. The van der Waals surface area contributed by atoms with E-state index in [4.69, 9.17) is 0 Å². The van der Waals surface area contributed by atoms with Crippen molar-refractivity contribution in [3.63, 3.8) is 0 Å². The van der Waals surface area contributed by atoms with Crippen LogP contribution in [0.3, 0.4) is 0 Å². The fourth-order valence-corrected chi connectivity index (χ4v) is 3.84. The molecule has 2 rings (SSSR count). The van der Waals surface area contributed by atoms with Crippen molar-refractivity contribution in [2.24, 2.45) is 0 Å². The second kappa shape index (κ2) is 7.82. The van der Waals surface area contributed by atoms with Gasteiger partial charge in [-0.15, -0.1) is 0 Å². The van der Waals surface area contributed by atoms with Crippen molar-refractivity contribution in [2.75, 3.05) is 31.1 Å². The number of para-hydroxylation sites is 1. The first kappa shape index (κ1) is 17.1. The summed E-state index contributed by atoms with van der Waals surface area (Å²) in [5.74, 6) is 0. The van der Waals surface area contributed by atoms with Crippen LogP contribution in [0.4, 0.5) is 5.69 Å². The van der Waals surface area contributed by atoms with Gasteiger partial charge in [0.15, 0.2) is 0 Å². The van der Waals surface area contributed by atoms with E-state index in [2.05, 4.69) is 68.7 Å². The highest BCUT2D eigenvalue weighted by molar-refractivity contribution is 5.53. The zero-order valence-corrected chi connectivity index (χ0v) is 15.0. The van der Waals surface area contributed by atoms with Crippen molar-refractivity contribution in [1.29, 1.82) is 0 Å². The molecule has 0 spiro atoms. The molecular formula is C20H32N2. The van der Waals surface area contributed by atoms with Crippen LogP contribution in [-0.2, 0) is 0 Å². The number of benzene rings is 1. The summed E-state index contributed by atoms with van der Waals surface area (Å²) in [6, 6.07) is 9.39. The Labute approximate surface area is 136 Å². The van der Waals surface area contributed by atoms with E-state index in [9.17, 15) is 0 Å². The van der Waals surface area contributed by atoms with E-state index < -0.39 is 0 Å². The third kappa shape index (κ3) is 3.73. The van der Waals surface area contributed by atoms with Crippen LogP contribution in [0.2, 0.25) is 0 Å². The maximum atomic E-state index is 2.70. The van der Waals surface area contributed by atoms with E-state index in [1.165, 1.54) is 42.8 Å². The monoisotopic (exact) mass is 300 g/mol. The van der Waals surface area contributed by atoms with E-state index in [1.54, 1.807) is 5.57 Å². The van der Waals surface area contributed by atoms with E-state index in [0.29, 0.717) is 6.04 Å². The molecule has 1 aliphatic rings. The molecule has 1 atom stereocenters. The Balaban J connectivity index is 2.05. The fraction of sp³-hybridized carbons (Fsp3) is 0.600. The molecule has 1 unspecified atom stereocenters. The van der Waals surface area contributed by atoms with Gasteiger partial charge in [0, 0.05) is 37.9 Å². The number of piperazine rings is 1. The minimum Gasteiger partial charge on any atom is -0.369 e. The lowest BCUT2D eigenvalue weighted by Gasteiger charge is -2.41. The van der Waals surface area contributed by atoms with Gasteiger partial charge in [-0.25, -0.2) is 0 Å². The van der Waals surface area contributed by atoms with Crippen LogP contribution in [0.25, 0.3) is 0 Å². The summed E-state index contributed by atoms with van der Waals surface area (Å²) < 4.78 is 0. The van der Waals surface area contributed by atoms with Gasteiger partial charge in [-0.2, -0.15) is 0 Å². The van der Waals surface area contributed by atoms with Crippen LogP contribution in [0.5, 0.6) is 0 Å². The Morgan fingerprint density at radius 3 is 2.18 bits per heavy atom. The molecule has 0 aliphatic carbocycles. The van der Waals surface area contributed by atoms with Gasteiger partial charge in [-0.3, -0.25) is 4.90 Å². The highest BCUT2D eigenvalue weighted by atomic mass is 15.3. The lowest BCUT2D eigenvalue weighted by Crippen LogP contribution is -2.51. The SMILES string of the molecule is CCC(=C(C)C)C(CC)N1CCN(c2ccccc2C)CC1. The highest BCUT2D eigenvalue weighted by Crippen LogP contribution is 2.25. The number of nitrogens with zero attached hydrogens (tertiary/aromatic N) is 2. The zero-order chi connectivity index (χ0) is 16.1. The van der Waals surface area contributed by atoms with Crippen molar-refractivity contribution >= 4 is 5.69 Å². The van der Waals surface area contributed by atoms with Crippen LogP contribution < -0.4 is 4.90 Å². The molecule has 22 heavy (non-hydrogen) atoms. The molecule has 1 saturated heterocycles. The summed E-state index contributed by atoms with van der Waals surface area (Å²) in [7, 11) is 0. The van der Waals surface area contributed by atoms with Crippen LogP contribution in [0.1, 0.15) is 46.1 Å². The summed E-state index contributed by atoms with van der Waals surface area (Å²) >= 11 is 0. The van der Waals surface area contributed by atoms with Gasteiger partial charge in [0.1, 0.15) is 0 Å². The molecule has 1 heterocycles. The van der Waals surface area contributed by atoms with Crippen molar-refractivity contribution in [1.82, 2.24) is 4.90 Å². The molecule has 1 aliphatic heterocycles. The number of hydrogen-bond acceptors (Lipinski definition) is 2. The summed E-state index contributed by atoms with van der Waals surface area (Å²) in [5, 5.41) is 0. The third-order valence-corrected chi connectivity index (χ3v) is 5.02. The van der Waals surface area contributed by atoms with E-state index in [-0.39, 0.29) is 0 Å². The van der Waals surface area contributed by atoms with Gasteiger partial charge in [0.2, 0.25) is 0 Å². The molecule has 1 aromatic rings. The van der Waals surface area contributed by atoms with Crippen molar-refractivity contribution < 1.29 is 0 Å². The molecule has 0 N–H and O–H groups in total. The minimum atomic E-state index is 0.633. The van der Waals surface area contributed by atoms with Crippen molar-refractivity contribution in [3.05, 3.63) is 41.0 Å². The van der Waals surface area contributed by atoms with Crippen molar-refractivity contribution in [3.8, 4) is 0 Å². The normalized spacial score (nSPS) is 17.4. The van der Waals surface area contributed by atoms with Crippen LogP contribution in [-0.4, -0.2) is 37.1 Å². The molecule has 2 nitrogen and oxygen atoms in total. The number of anilines is 1.